The van der Waals surface area contributed by atoms with E-state index in [4.69, 9.17) is 0 Å². The summed E-state index contributed by atoms with van der Waals surface area (Å²) in [7, 11) is 2.42. The molecule has 0 aromatic heterocycles. The van der Waals surface area contributed by atoms with E-state index in [1.165, 1.54) is 30.0 Å². The van der Waals surface area contributed by atoms with Crippen LogP contribution in [0.2, 0.25) is 0 Å². The zero-order valence-corrected chi connectivity index (χ0v) is 12.3. The predicted octanol–water partition coefficient (Wildman–Crippen LogP) is 4.33. The lowest BCUT2D eigenvalue weighted by Gasteiger charge is -2.25. The zero-order chi connectivity index (χ0) is 10.7. The summed E-state index contributed by atoms with van der Waals surface area (Å²) in [5.74, 6) is 2.24. The fraction of sp³-hybridized carbons (Fsp3) is 1.00. The van der Waals surface area contributed by atoms with Gasteiger partial charge in [0.25, 0.3) is 0 Å². The molecule has 0 radical (unpaired) electrons. The summed E-state index contributed by atoms with van der Waals surface area (Å²) in [5, 5.41) is 0. The molecule has 6 atom stereocenters. The quantitative estimate of drug-likeness (QED) is 0.646. The summed E-state index contributed by atoms with van der Waals surface area (Å²) < 4.78 is 0. The standard InChI is InChI=1S/C13H26P2/c1-14-12-7-3-5-10(12)9-11-6-4-8-13(11)15-2/h10-15H,3-9H2,1-2H3/t10-,11+,12?,13?. The predicted molar refractivity (Wildman–Crippen MR) is 75.4 cm³/mol. The van der Waals surface area contributed by atoms with Gasteiger partial charge in [-0.3, -0.25) is 0 Å². The molecule has 88 valence electrons. The van der Waals surface area contributed by atoms with Crippen molar-refractivity contribution in [2.75, 3.05) is 13.3 Å². The smallest absolute Gasteiger partial charge is 0.0211 e. The van der Waals surface area contributed by atoms with Gasteiger partial charge in [-0.1, -0.05) is 12.8 Å². The van der Waals surface area contributed by atoms with Crippen molar-refractivity contribution >= 4 is 17.2 Å². The fourth-order valence-corrected chi connectivity index (χ4v) is 6.32. The van der Waals surface area contributed by atoms with Gasteiger partial charge in [0.15, 0.2) is 0 Å². The summed E-state index contributed by atoms with van der Waals surface area (Å²) in [6, 6.07) is 0. The molecule has 0 nitrogen and oxygen atoms in total. The number of hydrogen-bond acceptors (Lipinski definition) is 0. The first-order chi connectivity index (χ1) is 7.35. The third-order valence-electron chi connectivity index (χ3n) is 4.67. The highest BCUT2D eigenvalue weighted by atomic mass is 31.1. The Morgan fingerprint density at radius 1 is 0.800 bits per heavy atom. The van der Waals surface area contributed by atoms with Crippen LogP contribution in [-0.4, -0.2) is 24.6 Å². The average molecular weight is 244 g/mol. The van der Waals surface area contributed by atoms with Crippen LogP contribution < -0.4 is 0 Å². The number of rotatable bonds is 4. The monoisotopic (exact) mass is 244 g/mol. The summed E-state index contributed by atoms with van der Waals surface area (Å²) >= 11 is 0. The molecule has 0 saturated heterocycles. The Hall–Kier alpha value is 0.860. The minimum absolute atomic E-state index is 1.12. The largest absolute Gasteiger partial charge is 0.122 e. The van der Waals surface area contributed by atoms with E-state index in [0.717, 1.165) is 23.2 Å². The molecule has 2 heteroatoms. The first-order valence-corrected chi connectivity index (χ1v) is 9.85. The molecule has 15 heavy (non-hydrogen) atoms. The maximum Gasteiger partial charge on any atom is -0.0211 e. The minimum Gasteiger partial charge on any atom is -0.122 e. The average Bonchev–Trinajstić information content (AvgIpc) is 2.87. The lowest BCUT2D eigenvalue weighted by Crippen LogP contribution is -2.17. The Labute approximate surface area is 98.9 Å². The van der Waals surface area contributed by atoms with Crippen molar-refractivity contribution in [1.29, 1.82) is 0 Å². The van der Waals surface area contributed by atoms with Gasteiger partial charge in [0, 0.05) is 0 Å². The van der Waals surface area contributed by atoms with E-state index >= 15 is 0 Å². The van der Waals surface area contributed by atoms with Crippen LogP contribution in [-0.2, 0) is 0 Å². The Morgan fingerprint density at radius 3 is 1.67 bits per heavy atom. The highest BCUT2D eigenvalue weighted by molar-refractivity contribution is 7.38. The van der Waals surface area contributed by atoms with E-state index in [-0.39, 0.29) is 0 Å². The highest BCUT2D eigenvalue weighted by Gasteiger charge is 2.32. The zero-order valence-electron chi connectivity index (χ0n) is 10.3. The molecule has 4 unspecified atom stereocenters. The van der Waals surface area contributed by atoms with Crippen molar-refractivity contribution in [2.45, 2.75) is 56.3 Å². The van der Waals surface area contributed by atoms with Crippen LogP contribution >= 0.6 is 17.2 Å². The van der Waals surface area contributed by atoms with Gasteiger partial charge in [-0.2, -0.15) is 0 Å². The number of hydrogen-bond donors (Lipinski definition) is 0. The molecule has 2 saturated carbocycles. The van der Waals surface area contributed by atoms with Crippen LogP contribution in [0, 0.1) is 11.8 Å². The SMILES string of the molecule is CPC1CCC[C@@H]1C[C@@H]1CCCC1PC. The molecule has 0 N–H and O–H groups in total. The maximum absolute atomic E-state index is 2.43. The third kappa shape index (κ3) is 2.95. The maximum atomic E-state index is 2.43. The van der Waals surface area contributed by atoms with Crippen molar-refractivity contribution in [3.05, 3.63) is 0 Å². The van der Waals surface area contributed by atoms with Gasteiger partial charge in [-0.15, -0.1) is 17.2 Å². The lowest BCUT2D eigenvalue weighted by molar-refractivity contribution is 0.391. The van der Waals surface area contributed by atoms with Gasteiger partial charge in [0.05, 0.1) is 0 Å². The van der Waals surface area contributed by atoms with Gasteiger partial charge >= 0.3 is 0 Å². The molecule has 0 aromatic rings. The van der Waals surface area contributed by atoms with Gasteiger partial charge in [0.1, 0.15) is 0 Å². The molecule has 2 fully saturated rings. The van der Waals surface area contributed by atoms with Crippen molar-refractivity contribution in [1.82, 2.24) is 0 Å². The molecule has 0 aliphatic heterocycles. The topological polar surface area (TPSA) is 0 Å². The Kier molecular flexibility index (Phi) is 4.91. The molecule has 0 aromatic carbocycles. The van der Waals surface area contributed by atoms with E-state index in [0.29, 0.717) is 0 Å². The van der Waals surface area contributed by atoms with Gasteiger partial charge < -0.3 is 0 Å². The van der Waals surface area contributed by atoms with Crippen LogP contribution in [0.1, 0.15) is 44.9 Å². The van der Waals surface area contributed by atoms with Gasteiger partial charge in [-0.05, 0) is 68.6 Å². The van der Waals surface area contributed by atoms with E-state index in [2.05, 4.69) is 13.3 Å². The van der Waals surface area contributed by atoms with Crippen LogP contribution in [0.25, 0.3) is 0 Å². The van der Waals surface area contributed by atoms with Crippen molar-refractivity contribution < 1.29 is 0 Å². The van der Waals surface area contributed by atoms with Crippen LogP contribution in [0.3, 0.4) is 0 Å². The summed E-state index contributed by atoms with van der Waals surface area (Å²) in [6.07, 6.45) is 10.9. The molecule has 0 amide bonds. The van der Waals surface area contributed by atoms with E-state index in [9.17, 15) is 0 Å². The van der Waals surface area contributed by atoms with E-state index < -0.39 is 0 Å². The first-order valence-electron chi connectivity index (χ1n) is 6.69. The summed E-state index contributed by atoms with van der Waals surface area (Å²) in [5.41, 5.74) is 2.23. The van der Waals surface area contributed by atoms with Gasteiger partial charge in [0.2, 0.25) is 0 Å². The Bertz CT molecular complexity index is 173. The second-order valence-electron chi connectivity index (χ2n) is 5.41. The molecular formula is C13H26P2. The minimum atomic E-state index is 1.12. The fourth-order valence-electron chi connectivity index (χ4n) is 3.79. The van der Waals surface area contributed by atoms with Gasteiger partial charge in [-0.25, -0.2) is 0 Å². The molecule has 0 heterocycles. The lowest BCUT2D eigenvalue weighted by atomic mass is 9.92. The van der Waals surface area contributed by atoms with Crippen molar-refractivity contribution in [2.24, 2.45) is 11.8 Å². The van der Waals surface area contributed by atoms with Crippen LogP contribution in [0.5, 0.6) is 0 Å². The Balaban J connectivity index is 1.84. The molecule has 0 spiro atoms. The molecule has 2 aliphatic carbocycles. The molecular weight excluding hydrogens is 218 g/mol. The van der Waals surface area contributed by atoms with E-state index in [1.807, 2.05) is 0 Å². The summed E-state index contributed by atoms with van der Waals surface area (Å²) in [6.45, 7) is 4.85. The second kappa shape index (κ2) is 5.97. The third-order valence-corrected chi connectivity index (χ3v) is 7.67. The van der Waals surface area contributed by atoms with E-state index in [1.54, 1.807) is 32.1 Å². The normalized spacial score (nSPS) is 42.8. The molecule has 0 bridgehead atoms. The second-order valence-corrected chi connectivity index (χ2v) is 8.05. The van der Waals surface area contributed by atoms with Crippen LogP contribution in [0.4, 0.5) is 0 Å². The Morgan fingerprint density at radius 2 is 1.27 bits per heavy atom. The molecule has 2 aliphatic rings. The first kappa shape index (κ1) is 12.3. The molecule has 2 rings (SSSR count). The summed E-state index contributed by atoms with van der Waals surface area (Å²) in [4.78, 5) is 0. The van der Waals surface area contributed by atoms with Crippen molar-refractivity contribution in [3.8, 4) is 0 Å². The van der Waals surface area contributed by atoms with Crippen LogP contribution in [0.15, 0.2) is 0 Å². The van der Waals surface area contributed by atoms with Crippen molar-refractivity contribution in [3.63, 3.8) is 0 Å². The highest BCUT2D eigenvalue weighted by Crippen LogP contribution is 2.46.